The Morgan fingerprint density at radius 2 is 2.41 bits per heavy atom. The highest BCUT2D eigenvalue weighted by Crippen LogP contribution is 2.29. The van der Waals surface area contributed by atoms with Crippen molar-refractivity contribution >= 4 is 21.6 Å². The molecule has 2 unspecified atom stereocenters. The van der Waals surface area contributed by atoms with E-state index in [1.54, 1.807) is 0 Å². The minimum absolute atomic E-state index is 0.292. The summed E-state index contributed by atoms with van der Waals surface area (Å²) in [6.07, 6.45) is 0.831. The van der Waals surface area contributed by atoms with Gasteiger partial charge in [-0.05, 0) is 31.2 Å². The molecule has 4 heteroatoms. The number of nitriles is 1. The van der Waals surface area contributed by atoms with Gasteiger partial charge < -0.3 is 10.6 Å². The molecule has 2 rings (SSSR count). The highest BCUT2D eigenvalue weighted by atomic mass is 79.9. The van der Waals surface area contributed by atoms with Crippen molar-refractivity contribution in [1.82, 2.24) is 5.32 Å². The van der Waals surface area contributed by atoms with Gasteiger partial charge in [0.05, 0.1) is 6.07 Å². The van der Waals surface area contributed by atoms with Gasteiger partial charge in [-0.3, -0.25) is 0 Å². The lowest BCUT2D eigenvalue weighted by molar-refractivity contribution is 0.304. The number of halogens is 1. The fourth-order valence-corrected chi connectivity index (χ4v) is 2.63. The van der Waals surface area contributed by atoms with Crippen molar-refractivity contribution in [2.24, 2.45) is 5.92 Å². The Morgan fingerprint density at radius 3 is 3.06 bits per heavy atom. The van der Waals surface area contributed by atoms with Crippen LogP contribution in [0.2, 0.25) is 0 Å². The van der Waals surface area contributed by atoms with Crippen molar-refractivity contribution < 1.29 is 0 Å². The summed E-state index contributed by atoms with van der Waals surface area (Å²) in [6, 6.07) is 10.4. The molecule has 3 nitrogen and oxygen atoms in total. The Kier molecular flexibility index (Phi) is 3.70. The number of benzene rings is 1. The average Bonchev–Trinajstić information content (AvgIpc) is 2.32. The molecule has 1 fully saturated rings. The van der Waals surface area contributed by atoms with Crippen LogP contribution in [0.25, 0.3) is 0 Å². The van der Waals surface area contributed by atoms with E-state index in [-0.39, 0.29) is 0 Å². The largest absolute Gasteiger partial charge is 0.367 e. The zero-order valence-electron chi connectivity index (χ0n) is 9.83. The van der Waals surface area contributed by atoms with Gasteiger partial charge in [-0.25, -0.2) is 0 Å². The second kappa shape index (κ2) is 5.07. The van der Waals surface area contributed by atoms with E-state index >= 15 is 0 Å². The van der Waals surface area contributed by atoms with Gasteiger partial charge in [-0.2, -0.15) is 5.26 Å². The van der Waals surface area contributed by atoms with Crippen molar-refractivity contribution in [3.8, 4) is 6.07 Å². The zero-order valence-corrected chi connectivity index (χ0v) is 11.4. The van der Waals surface area contributed by atoms with E-state index < -0.39 is 5.54 Å². The van der Waals surface area contributed by atoms with E-state index in [2.05, 4.69) is 39.6 Å². The molecular formula is C13H16BrN3. The number of nitrogens with one attached hydrogen (secondary N) is 2. The Morgan fingerprint density at radius 1 is 1.59 bits per heavy atom. The summed E-state index contributed by atoms with van der Waals surface area (Å²) < 4.78 is 1.03. The van der Waals surface area contributed by atoms with Crippen LogP contribution in [0, 0.1) is 17.2 Å². The van der Waals surface area contributed by atoms with Crippen LogP contribution in [0.3, 0.4) is 0 Å². The summed E-state index contributed by atoms with van der Waals surface area (Å²) in [7, 11) is 0. The molecule has 90 valence electrons. The third-order valence-electron chi connectivity index (χ3n) is 3.38. The Bertz CT molecular complexity index is 441. The van der Waals surface area contributed by atoms with E-state index in [9.17, 15) is 5.26 Å². The van der Waals surface area contributed by atoms with Crippen LogP contribution in [-0.4, -0.2) is 18.6 Å². The lowest BCUT2D eigenvalue weighted by Gasteiger charge is -2.38. The highest BCUT2D eigenvalue weighted by Gasteiger charge is 2.38. The van der Waals surface area contributed by atoms with Gasteiger partial charge in [0.15, 0.2) is 0 Å². The molecule has 0 saturated carbocycles. The first kappa shape index (κ1) is 12.4. The quantitative estimate of drug-likeness (QED) is 0.881. The number of piperidine rings is 1. The van der Waals surface area contributed by atoms with E-state index in [0.29, 0.717) is 5.92 Å². The van der Waals surface area contributed by atoms with E-state index in [1.807, 2.05) is 24.3 Å². The normalized spacial score (nSPS) is 28.4. The predicted molar refractivity (Wildman–Crippen MR) is 72.8 cm³/mol. The average molecular weight is 294 g/mol. The fourth-order valence-electron chi connectivity index (χ4n) is 2.23. The summed E-state index contributed by atoms with van der Waals surface area (Å²) >= 11 is 3.45. The van der Waals surface area contributed by atoms with Crippen LogP contribution in [0.4, 0.5) is 5.69 Å². The summed E-state index contributed by atoms with van der Waals surface area (Å²) in [6.45, 7) is 3.88. The van der Waals surface area contributed by atoms with Crippen LogP contribution in [0.15, 0.2) is 28.7 Å². The third kappa shape index (κ3) is 2.62. The number of hydrogen-bond donors (Lipinski definition) is 2. The molecule has 17 heavy (non-hydrogen) atoms. The first-order valence-electron chi connectivity index (χ1n) is 5.82. The van der Waals surface area contributed by atoms with Gasteiger partial charge in [0, 0.05) is 22.6 Å². The van der Waals surface area contributed by atoms with Crippen molar-refractivity contribution in [3.63, 3.8) is 0 Å². The first-order valence-corrected chi connectivity index (χ1v) is 6.61. The molecule has 1 saturated heterocycles. The van der Waals surface area contributed by atoms with Crippen LogP contribution < -0.4 is 10.6 Å². The number of anilines is 1. The van der Waals surface area contributed by atoms with Crippen LogP contribution in [0.1, 0.15) is 13.3 Å². The lowest BCUT2D eigenvalue weighted by Crippen LogP contribution is -2.53. The molecule has 1 aliphatic rings. The van der Waals surface area contributed by atoms with E-state index in [1.165, 1.54) is 0 Å². The SMILES string of the molecule is CC1CNCCC1(C#N)Nc1cccc(Br)c1. The molecule has 1 aliphatic heterocycles. The first-order chi connectivity index (χ1) is 8.16. The van der Waals surface area contributed by atoms with E-state index in [0.717, 1.165) is 29.7 Å². The molecule has 0 aliphatic carbocycles. The van der Waals surface area contributed by atoms with Gasteiger partial charge in [0.1, 0.15) is 5.54 Å². The molecule has 2 N–H and O–H groups in total. The second-order valence-corrected chi connectivity index (χ2v) is 5.49. The zero-order chi connectivity index (χ0) is 12.3. The van der Waals surface area contributed by atoms with Crippen molar-refractivity contribution in [3.05, 3.63) is 28.7 Å². The topological polar surface area (TPSA) is 47.9 Å². The number of rotatable bonds is 2. The molecule has 1 heterocycles. The lowest BCUT2D eigenvalue weighted by atomic mass is 9.80. The summed E-state index contributed by atoms with van der Waals surface area (Å²) in [5.74, 6) is 0.292. The van der Waals surface area contributed by atoms with Gasteiger partial charge in [0.25, 0.3) is 0 Å². The Labute approximate surface area is 110 Å². The molecule has 0 aromatic heterocycles. The predicted octanol–water partition coefficient (Wildman–Crippen LogP) is 2.75. The maximum atomic E-state index is 9.49. The van der Waals surface area contributed by atoms with Crippen LogP contribution in [-0.2, 0) is 0 Å². The molecule has 0 spiro atoms. The Hall–Kier alpha value is -1.05. The molecular weight excluding hydrogens is 278 g/mol. The fraction of sp³-hybridized carbons (Fsp3) is 0.462. The minimum atomic E-state index is -0.452. The molecule has 0 radical (unpaired) electrons. The standard InChI is InChI=1S/C13H16BrN3/c1-10-8-16-6-5-13(10,9-15)17-12-4-2-3-11(14)7-12/h2-4,7,10,16-17H,5-6,8H2,1H3. The number of nitrogens with zero attached hydrogens (tertiary/aromatic N) is 1. The molecule has 1 aromatic carbocycles. The van der Waals surface area contributed by atoms with Crippen LogP contribution >= 0.6 is 15.9 Å². The summed E-state index contributed by atoms with van der Waals surface area (Å²) in [5.41, 5.74) is 0.543. The molecule has 0 amide bonds. The monoisotopic (exact) mass is 293 g/mol. The maximum Gasteiger partial charge on any atom is 0.130 e. The van der Waals surface area contributed by atoms with Crippen LogP contribution in [0.5, 0.6) is 0 Å². The number of hydrogen-bond acceptors (Lipinski definition) is 3. The highest BCUT2D eigenvalue weighted by molar-refractivity contribution is 9.10. The Balaban J connectivity index is 2.22. The summed E-state index contributed by atoms with van der Waals surface area (Å²) in [4.78, 5) is 0. The van der Waals surface area contributed by atoms with Gasteiger partial charge >= 0.3 is 0 Å². The summed E-state index contributed by atoms with van der Waals surface area (Å²) in [5, 5.41) is 16.2. The smallest absolute Gasteiger partial charge is 0.130 e. The maximum absolute atomic E-state index is 9.49. The molecule has 1 aromatic rings. The second-order valence-electron chi connectivity index (χ2n) is 4.57. The minimum Gasteiger partial charge on any atom is -0.367 e. The molecule has 2 atom stereocenters. The van der Waals surface area contributed by atoms with Gasteiger partial charge in [0.2, 0.25) is 0 Å². The molecule has 0 bridgehead atoms. The van der Waals surface area contributed by atoms with E-state index in [4.69, 9.17) is 0 Å². The van der Waals surface area contributed by atoms with Crippen molar-refractivity contribution in [2.45, 2.75) is 18.9 Å². The van der Waals surface area contributed by atoms with Crippen molar-refractivity contribution in [2.75, 3.05) is 18.4 Å². The third-order valence-corrected chi connectivity index (χ3v) is 3.87. The van der Waals surface area contributed by atoms with Gasteiger partial charge in [-0.1, -0.05) is 28.9 Å². The van der Waals surface area contributed by atoms with Gasteiger partial charge in [-0.15, -0.1) is 0 Å². The van der Waals surface area contributed by atoms with Crippen molar-refractivity contribution in [1.29, 1.82) is 5.26 Å².